The van der Waals surface area contributed by atoms with E-state index in [0.29, 0.717) is 31.8 Å². The Bertz CT molecular complexity index is 586. The summed E-state index contributed by atoms with van der Waals surface area (Å²) in [5, 5.41) is 12.4. The van der Waals surface area contributed by atoms with E-state index >= 15 is 0 Å². The van der Waals surface area contributed by atoms with Gasteiger partial charge in [0.2, 0.25) is 5.91 Å². The smallest absolute Gasteiger partial charge is 0.320 e. The van der Waals surface area contributed by atoms with Crippen molar-refractivity contribution in [1.29, 1.82) is 0 Å². The molecule has 0 spiro atoms. The third-order valence-corrected chi connectivity index (χ3v) is 4.56. The number of benzene rings is 1. The number of amides is 1. The minimum atomic E-state index is -0.900. The Balaban J connectivity index is 2.11. The van der Waals surface area contributed by atoms with Crippen LogP contribution in [0.2, 0.25) is 0 Å². The maximum atomic E-state index is 13.0. The normalized spacial score (nSPS) is 16.6. The molecule has 24 heavy (non-hydrogen) atoms. The molecule has 2 rings (SSSR count). The minimum absolute atomic E-state index is 0.0119. The van der Waals surface area contributed by atoms with Gasteiger partial charge in [-0.15, -0.1) is 0 Å². The molecule has 1 amide bonds. The SMILES string of the molecule is CCC(NC(CC(C)C)C(=O)N1CCc2ccccc2C1)C(=O)O. The lowest BCUT2D eigenvalue weighted by Gasteiger charge is -2.33. The molecule has 2 atom stereocenters. The topological polar surface area (TPSA) is 69.6 Å². The van der Waals surface area contributed by atoms with Crippen molar-refractivity contribution in [2.75, 3.05) is 6.54 Å². The van der Waals surface area contributed by atoms with E-state index in [0.717, 1.165) is 6.42 Å². The quantitative estimate of drug-likeness (QED) is 0.805. The lowest BCUT2D eigenvalue weighted by molar-refractivity contribution is -0.141. The Kier molecular flexibility index (Phi) is 6.37. The molecule has 0 aliphatic carbocycles. The number of carbonyl (C=O) groups excluding carboxylic acids is 1. The van der Waals surface area contributed by atoms with Gasteiger partial charge in [-0.05, 0) is 36.3 Å². The van der Waals surface area contributed by atoms with Gasteiger partial charge in [0.05, 0.1) is 6.04 Å². The molecule has 2 N–H and O–H groups in total. The van der Waals surface area contributed by atoms with E-state index in [1.54, 1.807) is 0 Å². The van der Waals surface area contributed by atoms with Gasteiger partial charge >= 0.3 is 5.97 Å². The average molecular weight is 332 g/mol. The van der Waals surface area contributed by atoms with Gasteiger partial charge in [-0.2, -0.15) is 0 Å². The number of carbonyl (C=O) groups is 2. The highest BCUT2D eigenvalue weighted by Crippen LogP contribution is 2.20. The molecule has 0 radical (unpaired) electrons. The van der Waals surface area contributed by atoms with E-state index in [1.165, 1.54) is 11.1 Å². The second kappa shape index (κ2) is 8.29. The van der Waals surface area contributed by atoms with Crippen molar-refractivity contribution in [1.82, 2.24) is 10.2 Å². The van der Waals surface area contributed by atoms with E-state index in [4.69, 9.17) is 0 Å². The molecular formula is C19H28N2O3. The second-order valence-electron chi connectivity index (χ2n) is 6.93. The Morgan fingerprint density at radius 2 is 1.88 bits per heavy atom. The Morgan fingerprint density at radius 1 is 1.21 bits per heavy atom. The van der Waals surface area contributed by atoms with Crippen LogP contribution in [0.25, 0.3) is 0 Å². The lowest BCUT2D eigenvalue weighted by atomic mass is 9.97. The van der Waals surface area contributed by atoms with Crippen molar-refractivity contribution >= 4 is 11.9 Å². The monoisotopic (exact) mass is 332 g/mol. The molecule has 0 saturated heterocycles. The summed E-state index contributed by atoms with van der Waals surface area (Å²) in [6, 6.07) is 7.06. The molecule has 1 aromatic carbocycles. The third-order valence-electron chi connectivity index (χ3n) is 4.56. The zero-order valence-corrected chi connectivity index (χ0v) is 14.8. The highest BCUT2D eigenvalue weighted by Gasteiger charge is 2.30. The van der Waals surface area contributed by atoms with E-state index in [-0.39, 0.29) is 5.91 Å². The molecule has 0 saturated carbocycles. The zero-order chi connectivity index (χ0) is 17.7. The average Bonchev–Trinajstić information content (AvgIpc) is 2.56. The molecule has 0 aromatic heterocycles. The van der Waals surface area contributed by atoms with Crippen LogP contribution in [0.4, 0.5) is 0 Å². The Hall–Kier alpha value is -1.88. The first-order valence-corrected chi connectivity index (χ1v) is 8.76. The van der Waals surface area contributed by atoms with Crippen molar-refractivity contribution in [3.63, 3.8) is 0 Å². The number of hydrogen-bond acceptors (Lipinski definition) is 3. The summed E-state index contributed by atoms with van der Waals surface area (Å²) in [5.74, 6) is -0.573. The van der Waals surface area contributed by atoms with Gasteiger partial charge in [0, 0.05) is 13.1 Å². The predicted molar refractivity (Wildman–Crippen MR) is 93.7 cm³/mol. The zero-order valence-electron chi connectivity index (χ0n) is 14.8. The number of carboxylic acid groups (broad SMARTS) is 1. The number of hydrogen-bond donors (Lipinski definition) is 2. The fourth-order valence-corrected chi connectivity index (χ4v) is 3.22. The summed E-state index contributed by atoms with van der Waals surface area (Å²) in [6.45, 7) is 7.22. The van der Waals surface area contributed by atoms with Crippen molar-refractivity contribution in [3.8, 4) is 0 Å². The number of carboxylic acids is 1. The van der Waals surface area contributed by atoms with Crippen LogP contribution in [0.15, 0.2) is 24.3 Å². The van der Waals surface area contributed by atoms with Crippen molar-refractivity contribution in [2.24, 2.45) is 5.92 Å². The first-order chi connectivity index (χ1) is 11.4. The van der Waals surface area contributed by atoms with Crippen LogP contribution >= 0.6 is 0 Å². The summed E-state index contributed by atoms with van der Waals surface area (Å²) >= 11 is 0. The van der Waals surface area contributed by atoms with E-state index in [9.17, 15) is 14.7 Å². The van der Waals surface area contributed by atoms with Crippen LogP contribution in [-0.2, 0) is 22.6 Å². The molecule has 2 unspecified atom stereocenters. The fraction of sp³-hybridized carbons (Fsp3) is 0.579. The Labute approximate surface area is 144 Å². The van der Waals surface area contributed by atoms with Gasteiger partial charge in [-0.1, -0.05) is 45.0 Å². The maximum Gasteiger partial charge on any atom is 0.320 e. The summed E-state index contributed by atoms with van der Waals surface area (Å²) in [4.78, 5) is 26.2. The molecule has 1 heterocycles. The standard InChI is InChI=1S/C19H28N2O3/c1-4-16(19(23)24)20-17(11-13(2)3)18(22)21-10-9-14-7-5-6-8-15(14)12-21/h5-8,13,16-17,20H,4,9-12H2,1-3H3,(H,23,24). The molecule has 1 aliphatic rings. The maximum absolute atomic E-state index is 13.0. The lowest BCUT2D eigenvalue weighted by Crippen LogP contribution is -2.53. The van der Waals surface area contributed by atoms with Crippen LogP contribution < -0.4 is 5.32 Å². The van der Waals surface area contributed by atoms with Gasteiger partial charge in [0.1, 0.15) is 6.04 Å². The highest BCUT2D eigenvalue weighted by molar-refractivity contribution is 5.83. The summed E-state index contributed by atoms with van der Waals surface area (Å²) in [5.41, 5.74) is 2.48. The third kappa shape index (κ3) is 4.57. The summed E-state index contributed by atoms with van der Waals surface area (Å²) < 4.78 is 0. The molecular weight excluding hydrogens is 304 g/mol. The van der Waals surface area contributed by atoms with Crippen LogP contribution in [0.3, 0.4) is 0 Å². The Morgan fingerprint density at radius 3 is 2.46 bits per heavy atom. The van der Waals surface area contributed by atoms with E-state index in [1.807, 2.05) is 24.0 Å². The molecule has 5 heteroatoms. The summed E-state index contributed by atoms with van der Waals surface area (Å²) in [6.07, 6.45) is 1.95. The fourth-order valence-electron chi connectivity index (χ4n) is 3.22. The van der Waals surface area contributed by atoms with Gasteiger partial charge < -0.3 is 10.0 Å². The number of nitrogens with one attached hydrogen (secondary N) is 1. The number of nitrogens with zero attached hydrogens (tertiary/aromatic N) is 1. The van der Waals surface area contributed by atoms with Gasteiger partial charge in [0.15, 0.2) is 0 Å². The molecule has 0 fully saturated rings. The molecule has 5 nitrogen and oxygen atoms in total. The van der Waals surface area contributed by atoms with Gasteiger partial charge in [-0.25, -0.2) is 0 Å². The van der Waals surface area contributed by atoms with Crippen molar-refractivity contribution in [2.45, 2.75) is 58.7 Å². The molecule has 1 aliphatic heterocycles. The van der Waals surface area contributed by atoms with E-state index < -0.39 is 18.1 Å². The van der Waals surface area contributed by atoms with Crippen LogP contribution in [0.5, 0.6) is 0 Å². The van der Waals surface area contributed by atoms with E-state index in [2.05, 4.69) is 31.3 Å². The number of rotatable bonds is 7. The van der Waals surface area contributed by atoms with Gasteiger partial charge in [0.25, 0.3) is 0 Å². The first-order valence-electron chi connectivity index (χ1n) is 8.76. The first kappa shape index (κ1) is 18.5. The number of aliphatic carboxylic acids is 1. The summed E-state index contributed by atoms with van der Waals surface area (Å²) in [7, 11) is 0. The van der Waals surface area contributed by atoms with Gasteiger partial charge in [-0.3, -0.25) is 14.9 Å². The van der Waals surface area contributed by atoms with Crippen LogP contribution in [0, 0.1) is 5.92 Å². The van der Waals surface area contributed by atoms with Crippen molar-refractivity contribution < 1.29 is 14.7 Å². The minimum Gasteiger partial charge on any atom is -0.480 e. The van der Waals surface area contributed by atoms with Crippen LogP contribution in [-0.4, -0.2) is 40.5 Å². The van der Waals surface area contributed by atoms with Crippen LogP contribution in [0.1, 0.15) is 44.7 Å². The molecule has 1 aromatic rings. The molecule has 0 bridgehead atoms. The van der Waals surface area contributed by atoms with Crippen molar-refractivity contribution in [3.05, 3.63) is 35.4 Å². The second-order valence-corrected chi connectivity index (χ2v) is 6.93. The molecule has 132 valence electrons. The largest absolute Gasteiger partial charge is 0.480 e. The highest BCUT2D eigenvalue weighted by atomic mass is 16.4. The number of fused-ring (bicyclic) bond motifs is 1. The predicted octanol–water partition coefficient (Wildman–Crippen LogP) is 2.44.